The Morgan fingerprint density at radius 2 is 2.23 bits per heavy atom. The molecule has 1 aromatic carbocycles. The molecule has 0 atom stereocenters. The predicted octanol–water partition coefficient (Wildman–Crippen LogP) is 0.911. The Bertz CT molecular complexity index is 288. The second kappa shape index (κ2) is 3.66. The topological polar surface area (TPSA) is 35.5 Å². The summed E-state index contributed by atoms with van der Waals surface area (Å²) < 4.78 is 0. The van der Waals surface area contributed by atoms with Crippen molar-refractivity contribution in [2.75, 3.05) is 36.5 Å². The molecule has 13 heavy (non-hydrogen) atoms. The molecule has 1 aliphatic heterocycles. The number of rotatable bonds is 2. The largest absolute Gasteiger partial charge is 0.395 e. The number of fused-ring (bicyclic) bond motifs is 1. The van der Waals surface area contributed by atoms with Gasteiger partial charge in [0.05, 0.1) is 18.0 Å². The van der Waals surface area contributed by atoms with E-state index < -0.39 is 0 Å². The van der Waals surface area contributed by atoms with Crippen LogP contribution in [0.3, 0.4) is 0 Å². The molecule has 0 amide bonds. The van der Waals surface area contributed by atoms with Gasteiger partial charge in [0.25, 0.3) is 0 Å². The van der Waals surface area contributed by atoms with Crippen molar-refractivity contribution >= 4 is 11.4 Å². The standard InChI is InChI=1S/C10H14N2O/c13-8-7-12-6-5-11-9-3-1-2-4-10(9)12/h1-4,11,13H,5-8H2. The zero-order valence-electron chi connectivity index (χ0n) is 7.53. The molecule has 3 heteroatoms. The number of para-hydroxylation sites is 2. The quantitative estimate of drug-likeness (QED) is 0.706. The summed E-state index contributed by atoms with van der Waals surface area (Å²) in [6, 6.07) is 8.19. The number of benzene rings is 1. The maximum atomic E-state index is 8.88. The smallest absolute Gasteiger partial charge is 0.0606 e. The molecule has 0 aromatic heterocycles. The Morgan fingerprint density at radius 3 is 3.08 bits per heavy atom. The second-order valence-corrected chi connectivity index (χ2v) is 3.15. The lowest BCUT2D eigenvalue weighted by molar-refractivity contribution is 0.302. The number of nitrogens with zero attached hydrogens (tertiary/aromatic N) is 1. The van der Waals surface area contributed by atoms with Crippen LogP contribution in [-0.2, 0) is 0 Å². The molecule has 0 radical (unpaired) electrons. The number of nitrogens with one attached hydrogen (secondary N) is 1. The van der Waals surface area contributed by atoms with Gasteiger partial charge in [-0.15, -0.1) is 0 Å². The summed E-state index contributed by atoms with van der Waals surface area (Å²) in [7, 11) is 0. The third-order valence-corrected chi connectivity index (χ3v) is 2.31. The van der Waals surface area contributed by atoms with E-state index in [4.69, 9.17) is 5.11 Å². The summed E-state index contributed by atoms with van der Waals surface area (Å²) in [6.45, 7) is 2.86. The van der Waals surface area contributed by atoms with Gasteiger partial charge in [0.1, 0.15) is 0 Å². The van der Waals surface area contributed by atoms with Crippen molar-refractivity contribution in [2.24, 2.45) is 0 Å². The highest BCUT2D eigenvalue weighted by molar-refractivity contribution is 5.71. The van der Waals surface area contributed by atoms with Gasteiger partial charge in [0.2, 0.25) is 0 Å². The Balaban J connectivity index is 2.26. The van der Waals surface area contributed by atoms with Gasteiger partial charge in [-0.05, 0) is 12.1 Å². The zero-order valence-corrected chi connectivity index (χ0v) is 7.53. The van der Waals surface area contributed by atoms with Crippen LogP contribution in [0.1, 0.15) is 0 Å². The highest BCUT2D eigenvalue weighted by Gasteiger charge is 2.14. The van der Waals surface area contributed by atoms with E-state index in [1.165, 1.54) is 11.4 Å². The third kappa shape index (κ3) is 1.60. The molecule has 2 N–H and O–H groups in total. The SMILES string of the molecule is OCCN1CCNc2ccccc21. The molecule has 2 rings (SSSR count). The van der Waals surface area contributed by atoms with Gasteiger partial charge >= 0.3 is 0 Å². The lowest BCUT2D eigenvalue weighted by Gasteiger charge is -2.31. The maximum absolute atomic E-state index is 8.88. The predicted molar refractivity (Wildman–Crippen MR) is 54.2 cm³/mol. The molecule has 0 saturated carbocycles. The van der Waals surface area contributed by atoms with E-state index >= 15 is 0 Å². The Labute approximate surface area is 78.0 Å². The monoisotopic (exact) mass is 178 g/mol. The van der Waals surface area contributed by atoms with E-state index in [-0.39, 0.29) is 6.61 Å². The molecular weight excluding hydrogens is 164 g/mol. The molecule has 0 spiro atoms. The highest BCUT2D eigenvalue weighted by Crippen LogP contribution is 2.27. The molecule has 70 valence electrons. The van der Waals surface area contributed by atoms with Crippen LogP contribution in [0.2, 0.25) is 0 Å². The molecule has 1 heterocycles. The fourth-order valence-corrected chi connectivity index (χ4v) is 1.70. The van der Waals surface area contributed by atoms with Gasteiger partial charge in [0.15, 0.2) is 0 Å². The van der Waals surface area contributed by atoms with E-state index in [1.54, 1.807) is 0 Å². The summed E-state index contributed by atoms with van der Waals surface area (Å²) in [5.74, 6) is 0. The summed E-state index contributed by atoms with van der Waals surface area (Å²) in [4.78, 5) is 2.20. The van der Waals surface area contributed by atoms with E-state index in [9.17, 15) is 0 Å². The molecule has 0 aliphatic carbocycles. The van der Waals surface area contributed by atoms with Crippen molar-refractivity contribution in [1.82, 2.24) is 0 Å². The molecular formula is C10H14N2O. The fraction of sp³-hybridized carbons (Fsp3) is 0.400. The van der Waals surface area contributed by atoms with Gasteiger partial charge in [-0.2, -0.15) is 0 Å². The van der Waals surface area contributed by atoms with Crippen molar-refractivity contribution in [3.63, 3.8) is 0 Å². The van der Waals surface area contributed by atoms with Crippen molar-refractivity contribution in [3.8, 4) is 0 Å². The van der Waals surface area contributed by atoms with Crippen molar-refractivity contribution in [3.05, 3.63) is 24.3 Å². The van der Waals surface area contributed by atoms with Crippen molar-refractivity contribution < 1.29 is 5.11 Å². The van der Waals surface area contributed by atoms with Gasteiger partial charge < -0.3 is 15.3 Å². The van der Waals surface area contributed by atoms with Crippen molar-refractivity contribution in [2.45, 2.75) is 0 Å². The van der Waals surface area contributed by atoms with Crippen molar-refractivity contribution in [1.29, 1.82) is 0 Å². The van der Waals surface area contributed by atoms with Gasteiger partial charge in [-0.25, -0.2) is 0 Å². The number of anilines is 2. The van der Waals surface area contributed by atoms with Gasteiger partial charge in [0, 0.05) is 19.6 Å². The first kappa shape index (κ1) is 8.38. The number of hydrogen-bond donors (Lipinski definition) is 2. The van der Waals surface area contributed by atoms with Crippen LogP contribution in [0.25, 0.3) is 0 Å². The molecule has 0 saturated heterocycles. The zero-order chi connectivity index (χ0) is 9.10. The summed E-state index contributed by atoms with van der Waals surface area (Å²) >= 11 is 0. The minimum Gasteiger partial charge on any atom is -0.395 e. The number of hydrogen-bond acceptors (Lipinski definition) is 3. The highest BCUT2D eigenvalue weighted by atomic mass is 16.3. The molecule has 1 aromatic rings. The summed E-state index contributed by atoms with van der Waals surface area (Å²) in [5.41, 5.74) is 2.37. The average molecular weight is 178 g/mol. The minimum atomic E-state index is 0.217. The Hall–Kier alpha value is -1.22. The van der Waals surface area contributed by atoms with Gasteiger partial charge in [-0.3, -0.25) is 0 Å². The number of aliphatic hydroxyl groups excluding tert-OH is 1. The molecule has 0 fully saturated rings. The minimum absolute atomic E-state index is 0.217. The summed E-state index contributed by atoms with van der Waals surface area (Å²) in [6.07, 6.45) is 0. The van der Waals surface area contributed by atoms with E-state index in [1.807, 2.05) is 12.1 Å². The van der Waals surface area contributed by atoms with Crippen LogP contribution in [0.5, 0.6) is 0 Å². The van der Waals surface area contributed by atoms with E-state index in [0.717, 1.165) is 19.6 Å². The van der Waals surface area contributed by atoms with Crippen LogP contribution >= 0.6 is 0 Å². The Kier molecular flexibility index (Phi) is 2.36. The van der Waals surface area contributed by atoms with E-state index in [0.29, 0.717) is 0 Å². The lowest BCUT2D eigenvalue weighted by Crippen LogP contribution is -2.35. The van der Waals surface area contributed by atoms with Crippen LogP contribution in [0.15, 0.2) is 24.3 Å². The Morgan fingerprint density at radius 1 is 1.38 bits per heavy atom. The van der Waals surface area contributed by atoms with Gasteiger partial charge in [-0.1, -0.05) is 12.1 Å². The first-order valence-electron chi connectivity index (χ1n) is 4.60. The number of aliphatic hydroxyl groups is 1. The van der Waals surface area contributed by atoms with Crippen LogP contribution in [-0.4, -0.2) is 31.3 Å². The van der Waals surface area contributed by atoms with Crippen LogP contribution in [0.4, 0.5) is 11.4 Å². The van der Waals surface area contributed by atoms with Crippen LogP contribution < -0.4 is 10.2 Å². The molecule has 0 unspecified atom stereocenters. The molecule has 3 nitrogen and oxygen atoms in total. The maximum Gasteiger partial charge on any atom is 0.0606 e. The third-order valence-electron chi connectivity index (χ3n) is 2.31. The molecule has 0 bridgehead atoms. The number of β-amino-alcohol motifs (C(OH)–C–C–N with tert-alkyl or cyclic N) is 1. The summed E-state index contributed by atoms with van der Waals surface area (Å²) in [5, 5.41) is 12.2. The lowest BCUT2D eigenvalue weighted by atomic mass is 10.2. The van der Waals surface area contributed by atoms with Crippen LogP contribution in [0, 0.1) is 0 Å². The molecule has 1 aliphatic rings. The second-order valence-electron chi connectivity index (χ2n) is 3.15. The fourth-order valence-electron chi connectivity index (χ4n) is 1.70. The first-order valence-corrected chi connectivity index (χ1v) is 4.60. The first-order chi connectivity index (χ1) is 6.42. The average Bonchev–Trinajstić information content (AvgIpc) is 2.19. The van der Waals surface area contributed by atoms with E-state index in [2.05, 4.69) is 22.3 Å². The normalized spacial score (nSPS) is 15.0.